The van der Waals surface area contributed by atoms with E-state index in [1.165, 1.54) is 0 Å². The number of sulfonamides is 1. The minimum atomic E-state index is -3.57. The van der Waals surface area contributed by atoms with E-state index in [1.807, 2.05) is 6.92 Å². The third-order valence-corrected chi connectivity index (χ3v) is 1.49. The van der Waals surface area contributed by atoms with Gasteiger partial charge < -0.3 is 5.32 Å². The third kappa shape index (κ3) is 7.27. The van der Waals surface area contributed by atoms with Crippen molar-refractivity contribution < 1.29 is 13.2 Å². The number of carbonyl (C=O) groups excluding carboxylic acids is 1. The Balaban J connectivity index is 3.64. The van der Waals surface area contributed by atoms with Crippen LogP contribution in [-0.4, -0.2) is 20.2 Å². The van der Waals surface area contributed by atoms with Crippen LogP contribution in [0.1, 0.15) is 19.8 Å². The molecule has 1 amide bonds. The number of hydrogen-bond donors (Lipinski definition) is 2. The molecular formula is C5H12N2O3S. The van der Waals surface area contributed by atoms with Crippen molar-refractivity contribution in [1.82, 2.24) is 5.32 Å². The molecule has 0 fully saturated rings. The predicted molar refractivity (Wildman–Crippen MR) is 41.0 cm³/mol. The first-order valence-corrected chi connectivity index (χ1v) is 4.94. The van der Waals surface area contributed by atoms with E-state index in [0.717, 1.165) is 0 Å². The second-order valence-corrected chi connectivity index (χ2v) is 3.77. The van der Waals surface area contributed by atoms with Gasteiger partial charge in [-0.2, -0.15) is 0 Å². The molecule has 0 bridgehead atoms. The van der Waals surface area contributed by atoms with E-state index >= 15 is 0 Å². The van der Waals surface area contributed by atoms with E-state index in [2.05, 4.69) is 10.5 Å². The smallest absolute Gasteiger partial charge is 0.227 e. The Labute approximate surface area is 66.0 Å². The van der Waals surface area contributed by atoms with E-state index in [4.69, 9.17) is 0 Å². The van der Waals surface area contributed by atoms with Crippen molar-refractivity contribution in [2.75, 3.05) is 5.88 Å². The van der Waals surface area contributed by atoms with E-state index in [0.29, 0.717) is 12.8 Å². The molecule has 11 heavy (non-hydrogen) atoms. The molecule has 0 spiro atoms. The van der Waals surface area contributed by atoms with Crippen LogP contribution >= 0.6 is 0 Å². The van der Waals surface area contributed by atoms with Gasteiger partial charge >= 0.3 is 0 Å². The normalized spacial score (nSPS) is 11.1. The molecule has 66 valence electrons. The van der Waals surface area contributed by atoms with Crippen LogP contribution < -0.4 is 10.5 Å². The highest BCUT2D eigenvalue weighted by Crippen LogP contribution is 1.85. The Bertz CT molecular complexity index is 222. The highest BCUT2D eigenvalue weighted by Gasteiger charge is 2.04. The quantitative estimate of drug-likeness (QED) is 0.590. The highest BCUT2D eigenvalue weighted by atomic mass is 32.2. The van der Waals surface area contributed by atoms with Gasteiger partial charge in [0.25, 0.3) is 0 Å². The maximum Gasteiger partial charge on any atom is 0.227 e. The van der Waals surface area contributed by atoms with Crippen molar-refractivity contribution in [3.05, 3.63) is 0 Å². The van der Waals surface area contributed by atoms with Crippen molar-refractivity contribution in [3.63, 3.8) is 0 Å². The number of rotatable bonds is 4. The second-order valence-electron chi connectivity index (χ2n) is 2.16. The summed E-state index contributed by atoms with van der Waals surface area (Å²) in [7, 11) is -3.57. The van der Waals surface area contributed by atoms with Crippen molar-refractivity contribution in [2.24, 2.45) is 5.14 Å². The van der Waals surface area contributed by atoms with Gasteiger partial charge in [0, 0.05) is 6.42 Å². The van der Waals surface area contributed by atoms with Gasteiger partial charge in [-0.05, 0) is 6.42 Å². The van der Waals surface area contributed by atoms with Gasteiger partial charge in [-0.15, -0.1) is 0 Å². The molecule has 0 aromatic carbocycles. The summed E-state index contributed by atoms with van der Waals surface area (Å²) in [5.41, 5.74) is 0. The monoisotopic (exact) mass is 180 g/mol. The first-order chi connectivity index (χ1) is 4.95. The predicted octanol–water partition coefficient (Wildman–Crippen LogP) is -0.851. The number of hydrogen-bond acceptors (Lipinski definition) is 3. The molecule has 0 aliphatic rings. The zero-order chi connectivity index (χ0) is 8.91. The largest absolute Gasteiger partial charge is 0.341 e. The van der Waals surface area contributed by atoms with Crippen LogP contribution in [0.2, 0.25) is 0 Å². The van der Waals surface area contributed by atoms with Crippen LogP contribution in [0.4, 0.5) is 0 Å². The molecule has 0 saturated carbocycles. The lowest BCUT2D eigenvalue weighted by Gasteiger charge is -2.00. The van der Waals surface area contributed by atoms with Crippen LogP contribution in [0.3, 0.4) is 0 Å². The molecule has 3 N–H and O–H groups in total. The summed E-state index contributed by atoms with van der Waals surface area (Å²) in [6.45, 7) is 1.83. The summed E-state index contributed by atoms with van der Waals surface area (Å²) in [6, 6.07) is 0. The Kier molecular flexibility index (Phi) is 4.06. The summed E-state index contributed by atoms with van der Waals surface area (Å²) in [5, 5.41) is 6.81. The standard InChI is InChI=1S/C5H12N2O3S/c1-2-3-5(8)7-4-11(6,9)10/h2-4H2,1H3,(H,7,8)(H2,6,9,10). The van der Waals surface area contributed by atoms with Gasteiger partial charge in [-0.3, -0.25) is 4.79 Å². The molecule has 0 radical (unpaired) electrons. The third-order valence-electron chi connectivity index (χ3n) is 0.948. The molecule has 0 unspecified atom stereocenters. The summed E-state index contributed by atoms with van der Waals surface area (Å²) in [5.74, 6) is -0.771. The number of amides is 1. The SMILES string of the molecule is CCCC(=O)NCS(N)(=O)=O. The van der Waals surface area contributed by atoms with Gasteiger partial charge in [0.15, 0.2) is 0 Å². The zero-order valence-corrected chi connectivity index (χ0v) is 7.15. The summed E-state index contributed by atoms with van der Waals surface area (Å²) in [6.07, 6.45) is 1.02. The summed E-state index contributed by atoms with van der Waals surface area (Å²) >= 11 is 0. The van der Waals surface area contributed by atoms with Gasteiger partial charge in [-0.25, -0.2) is 13.6 Å². The molecule has 0 saturated heterocycles. The fraction of sp³-hybridized carbons (Fsp3) is 0.800. The molecule has 0 rings (SSSR count). The van der Waals surface area contributed by atoms with Crippen LogP contribution in [0.25, 0.3) is 0 Å². The van der Waals surface area contributed by atoms with Crippen LogP contribution in [0.15, 0.2) is 0 Å². The average molecular weight is 180 g/mol. The summed E-state index contributed by atoms with van der Waals surface area (Å²) in [4.78, 5) is 10.7. The van der Waals surface area contributed by atoms with Crippen molar-refractivity contribution in [1.29, 1.82) is 0 Å². The van der Waals surface area contributed by atoms with Crippen molar-refractivity contribution >= 4 is 15.9 Å². The minimum absolute atomic E-state index is 0.290. The van der Waals surface area contributed by atoms with E-state index in [-0.39, 0.29) is 5.91 Å². The molecular weight excluding hydrogens is 168 g/mol. The van der Waals surface area contributed by atoms with Gasteiger partial charge in [0.2, 0.25) is 15.9 Å². The Morgan fingerprint density at radius 3 is 2.45 bits per heavy atom. The Hall–Kier alpha value is -0.620. The Morgan fingerprint density at radius 1 is 1.55 bits per heavy atom. The molecule has 0 aliphatic heterocycles. The number of primary sulfonamides is 1. The highest BCUT2D eigenvalue weighted by molar-refractivity contribution is 7.89. The molecule has 0 atom stereocenters. The van der Waals surface area contributed by atoms with Gasteiger partial charge in [0.05, 0.1) is 0 Å². The van der Waals surface area contributed by atoms with E-state index in [9.17, 15) is 13.2 Å². The van der Waals surface area contributed by atoms with Gasteiger partial charge in [-0.1, -0.05) is 6.92 Å². The molecule has 6 heteroatoms. The van der Waals surface area contributed by atoms with Crippen molar-refractivity contribution in [3.8, 4) is 0 Å². The van der Waals surface area contributed by atoms with Gasteiger partial charge in [0.1, 0.15) is 5.88 Å². The first kappa shape index (κ1) is 10.4. The maximum absolute atomic E-state index is 10.7. The fourth-order valence-corrected chi connectivity index (χ4v) is 0.859. The van der Waals surface area contributed by atoms with Crippen LogP contribution in [0.5, 0.6) is 0 Å². The minimum Gasteiger partial charge on any atom is -0.341 e. The van der Waals surface area contributed by atoms with Crippen molar-refractivity contribution in [2.45, 2.75) is 19.8 Å². The first-order valence-electron chi connectivity index (χ1n) is 3.23. The molecule has 0 aromatic rings. The van der Waals surface area contributed by atoms with Crippen LogP contribution in [-0.2, 0) is 14.8 Å². The maximum atomic E-state index is 10.7. The number of carbonyl (C=O) groups is 1. The Morgan fingerprint density at radius 2 is 2.09 bits per heavy atom. The zero-order valence-electron chi connectivity index (χ0n) is 6.33. The molecule has 5 nitrogen and oxygen atoms in total. The lowest BCUT2D eigenvalue weighted by atomic mass is 10.3. The van der Waals surface area contributed by atoms with Crippen LogP contribution in [0, 0.1) is 0 Å². The van der Waals surface area contributed by atoms with E-state index in [1.54, 1.807) is 0 Å². The topological polar surface area (TPSA) is 89.3 Å². The second kappa shape index (κ2) is 4.30. The fourth-order valence-electron chi connectivity index (χ4n) is 0.497. The molecule has 0 aliphatic carbocycles. The molecule has 0 heterocycles. The lowest BCUT2D eigenvalue weighted by molar-refractivity contribution is -0.120. The number of nitrogens with two attached hydrogens (primary N) is 1. The average Bonchev–Trinajstić information content (AvgIpc) is 1.83. The van der Waals surface area contributed by atoms with E-state index < -0.39 is 15.9 Å². The molecule has 0 aromatic heterocycles. The number of nitrogens with one attached hydrogen (secondary N) is 1. The summed E-state index contributed by atoms with van der Waals surface area (Å²) < 4.78 is 20.6. The lowest BCUT2D eigenvalue weighted by Crippen LogP contribution is -2.32.